The van der Waals surface area contributed by atoms with E-state index in [0.717, 1.165) is 24.1 Å². The molecule has 2 atom stereocenters. The molecule has 26 heavy (non-hydrogen) atoms. The third-order valence-electron chi connectivity index (χ3n) is 4.34. The largest absolute Gasteiger partial charge is 0.393 e. The van der Waals surface area contributed by atoms with Crippen molar-refractivity contribution in [1.82, 2.24) is 19.9 Å². The number of aliphatic hydroxyl groups excluding tert-OH is 1. The van der Waals surface area contributed by atoms with E-state index in [1.54, 1.807) is 12.4 Å². The van der Waals surface area contributed by atoms with E-state index in [1.807, 2.05) is 42.5 Å². The molecule has 7 nitrogen and oxygen atoms in total. The van der Waals surface area contributed by atoms with Gasteiger partial charge in [-0.15, -0.1) is 0 Å². The van der Waals surface area contributed by atoms with Gasteiger partial charge in [0.2, 0.25) is 11.9 Å². The predicted molar refractivity (Wildman–Crippen MR) is 100 cm³/mol. The minimum absolute atomic E-state index is 0.171. The fraction of sp³-hybridized carbons (Fsp3) is 0.263. The number of nitrogens with one attached hydrogen (secondary N) is 2. The van der Waals surface area contributed by atoms with Crippen LogP contribution in [0, 0.1) is 0 Å². The highest BCUT2D eigenvalue weighted by molar-refractivity contribution is 5.60. The Labute approximate surface area is 151 Å². The van der Waals surface area contributed by atoms with E-state index < -0.39 is 0 Å². The Kier molecular flexibility index (Phi) is 4.70. The summed E-state index contributed by atoms with van der Waals surface area (Å²) in [6.07, 6.45) is 5.58. The molecule has 132 valence electrons. The van der Waals surface area contributed by atoms with Gasteiger partial charge >= 0.3 is 0 Å². The summed E-state index contributed by atoms with van der Waals surface area (Å²) in [5.41, 5.74) is 1.77. The van der Waals surface area contributed by atoms with Crippen LogP contribution in [0.25, 0.3) is 11.4 Å². The van der Waals surface area contributed by atoms with E-state index in [4.69, 9.17) is 0 Å². The van der Waals surface area contributed by atoms with E-state index in [-0.39, 0.29) is 12.1 Å². The van der Waals surface area contributed by atoms with E-state index in [9.17, 15) is 5.11 Å². The fourth-order valence-electron chi connectivity index (χ4n) is 3.05. The Morgan fingerprint density at radius 1 is 0.885 bits per heavy atom. The maximum atomic E-state index is 9.75. The molecule has 0 radical (unpaired) electrons. The minimum atomic E-state index is -0.252. The van der Waals surface area contributed by atoms with Crippen LogP contribution in [0.5, 0.6) is 0 Å². The maximum Gasteiger partial charge on any atom is 0.232 e. The number of hydrogen-bond donors (Lipinski definition) is 3. The van der Waals surface area contributed by atoms with Crippen LogP contribution >= 0.6 is 0 Å². The number of aromatic nitrogens is 4. The average Bonchev–Trinajstić information content (AvgIpc) is 3.08. The van der Waals surface area contributed by atoms with Crippen LogP contribution in [0.4, 0.5) is 17.6 Å². The lowest BCUT2D eigenvalue weighted by Gasteiger charge is -2.14. The van der Waals surface area contributed by atoms with Gasteiger partial charge in [-0.05, 0) is 31.4 Å². The van der Waals surface area contributed by atoms with Gasteiger partial charge in [-0.2, -0.15) is 15.0 Å². The van der Waals surface area contributed by atoms with Crippen molar-refractivity contribution in [3.63, 3.8) is 0 Å². The lowest BCUT2D eigenvalue weighted by Crippen LogP contribution is -2.19. The number of benzene rings is 1. The summed E-state index contributed by atoms with van der Waals surface area (Å²) in [4.78, 5) is 17.6. The number of rotatable bonds is 5. The Morgan fingerprint density at radius 3 is 2.38 bits per heavy atom. The highest BCUT2D eigenvalue weighted by Crippen LogP contribution is 2.24. The molecule has 2 aromatic heterocycles. The summed E-state index contributed by atoms with van der Waals surface area (Å²) in [5, 5.41) is 16.3. The Balaban J connectivity index is 1.65. The lowest BCUT2D eigenvalue weighted by atomic mass is 10.2. The summed E-state index contributed by atoms with van der Waals surface area (Å²) < 4.78 is 0. The van der Waals surface area contributed by atoms with Gasteiger partial charge in [-0.3, -0.25) is 4.98 Å². The Hall–Kier alpha value is -3.06. The summed E-state index contributed by atoms with van der Waals surface area (Å²) in [6.45, 7) is 0. The van der Waals surface area contributed by atoms with Crippen molar-refractivity contribution >= 4 is 17.6 Å². The number of aliphatic hydroxyl groups is 1. The molecule has 0 aliphatic heterocycles. The Morgan fingerprint density at radius 2 is 1.65 bits per heavy atom. The molecule has 3 N–H and O–H groups in total. The minimum Gasteiger partial charge on any atom is -0.393 e. The van der Waals surface area contributed by atoms with E-state index in [2.05, 4.69) is 30.6 Å². The van der Waals surface area contributed by atoms with Crippen molar-refractivity contribution in [1.29, 1.82) is 0 Å². The molecule has 0 amide bonds. The summed E-state index contributed by atoms with van der Waals surface area (Å²) in [5.74, 6) is 1.57. The van der Waals surface area contributed by atoms with Gasteiger partial charge in [0, 0.05) is 29.7 Å². The van der Waals surface area contributed by atoms with Crippen LogP contribution in [0.2, 0.25) is 0 Å². The molecule has 0 saturated heterocycles. The number of anilines is 3. The number of nitrogens with zero attached hydrogens (tertiary/aromatic N) is 4. The van der Waals surface area contributed by atoms with Crippen LogP contribution in [-0.4, -0.2) is 37.2 Å². The van der Waals surface area contributed by atoms with Crippen LogP contribution in [0.1, 0.15) is 19.3 Å². The van der Waals surface area contributed by atoms with E-state index >= 15 is 0 Å². The molecule has 4 rings (SSSR count). The van der Waals surface area contributed by atoms with Crippen molar-refractivity contribution in [2.45, 2.75) is 31.4 Å². The van der Waals surface area contributed by atoms with Gasteiger partial charge in [-0.1, -0.05) is 30.3 Å². The first kappa shape index (κ1) is 16.4. The van der Waals surface area contributed by atoms with Crippen molar-refractivity contribution in [2.75, 3.05) is 10.6 Å². The molecule has 1 aromatic carbocycles. The summed E-state index contributed by atoms with van der Waals surface area (Å²) in [6, 6.07) is 13.7. The third kappa shape index (κ3) is 3.94. The molecule has 0 bridgehead atoms. The first-order valence-corrected chi connectivity index (χ1v) is 8.69. The highest BCUT2D eigenvalue weighted by Gasteiger charge is 2.23. The second kappa shape index (κ2) is 7.45. The average molecular weight is 348 g/mol. The SMILES string of the molecule is O[C@H]1CCC(Nc2nc(Nc3ccncc3)nc(-c3ccccc3)n2)C1. The summed E-state index contributed by atoms with van der Waals surface area (Å²) in [7, 11) is 0. The molecule has 3 aromatic rings. The smallest absolute Gasteiger partial charge is 0.232 e. The predicted octanol–water partition coefficient (Wildman–Crippen LogP) is 3.00. The second-order valence-corrected chi connectivity index (χ2v) is 6.34. The van der Waals surface area contributed by atoms with E-state index in [1.165, 1.54) is 0 Å². The second-order valence-electron chi connectivity index (χ2n) is 6.34. The van der Waals surface area contributed by atoms with Crippen molar-refractivity contribution < 1.29 is 5.11 Å². The van der Waals surface area contributed by atoms with E-state index in [0.29, 0.717) is 24.1 Å². The van der Waals surface area contributed by atoms with Crippen LogP contribution < -0.4 is 10.6 Å². The quantitative estimate of drug-likeness (QED) is 0.652. The van der Waals surface area contributed by atoms with Crippen molar-refractivity contribution in [3.8, 4) is 11.4 Å². The van der Waals surface area contributed by atoms with Gasteiger partial charge in [0.15, 0.2) is 5.82 Å². The van der Waals surface area contributed by atoms with Crippen molar-refractivity contribution in [3.05, 3.63) is 54.9 Å². The summed E-state index contributed by atoms with van der Waals surface area (Å²) >= 11 is 0. The van der Waals surface area contributed by atoms with Crippen LogP contribution in [0.3, 0.4) is 0 Å². The maximum absolute atomic E-state index is 9.75. The molecule has 2 heterocycles. The number of hydrogen-bond acceptors (Lipinski definition) is 7. The zero-order valence-electron chi connectivity index (χ0n) is 14.2. The monoisotopic (exact) mass is 348 g/mol. The molecule has 1 aliphatic rings. The highest BCUT2D eigenvalue weighted by atomic mass is 16.3. The normalized spacial score (nSPS) is 19.3. The molecule has 1 saturated carbocycles. The molecule has 1 fully saturated rings. The Bertz CT molecular complexity index is 858. The van der Waals surface area contributed by atoms with Crippen LogP contribution in [0.15, 0.2) is 54.9 Å². The zero-order valence-corrected chi connectivity index (χ0v) is 14.2. The molecular formula is C19H20N6O. The van der Waals surface area contributed by atoms with Gasteiger partial charge in [0.1, 0.15) is 0 Å². The molecular weight excluding hydrogens is 328 g/mol. The molecule has 0 spiro atoms. The first-order chi connectivity index (χ1) is 12.8. The number of pyridine rings is 1. The first-order valence-electron chi connectivity index (χ1n) is 8.69. The van der Waals surface area contributed by atoms with Gasteiger partial charge < -0.3 is 15.7 Å². The zero-order chi connectivity index (χ0) is 17.8. The fourth-order valence-corrected chi connectivity index (χ4v) is 3.05. The lowest BCUT2D eigenvalue weighted by molar-refractivity contribution is 0.182. The third-order valence-corrected chi connectivity index (χ3v) is 4.34. The van der Waals surface area contributed by atoms with Gasteiger partial charge in [-0.25, -0.2) is 0 Å². The topological polar surface area (TPSA) is 95.8 Å². The standard InChI is InChI=1S/C19H20N6O/c26-16-7-6-15(12-16)22-19-24-17(13-4-2-1-3-5-13)23-18(25-19)21-14-8-10-20-11-9-14/h1-5,8-11,15-16,26H,6-7,12H2,(H2,20,21,22,23,24,25)/t15?,16-/m0/s1. The van der Waals surface area contributed by atoms with Crippen molar-refractivity contribution in [2.24, 2.45) is 0 Å². The van der Waals surface area contributed by atoms with Gasteiger partial charge in [0.25, 0.3) is 0 Å². The molecule has 1 unspecified atom stereocenters. The van der Waals surface area contributed by atoms with Gasteiger partial charge in [0.05, 0.1) is 6.10 Å². The van der Waals surface area contributed by atoms with Crippen LogP contribution in [-0.2, 0) is 0 Å². The molecule has 1 aliphatic carbocycles. The molecule has 7 heteroatoms.